The Morgan fingerprint density at radius 2 is 1.70 bits per heavy atom. The molecule has 0 bridgehead atoms. The third-order valence-electron chi connectivity index (χ3n) is 4.81. The van der Waals surface area contributed by atoms with Crippen molar-refractivity contribution < 1.29 is 25.2 Å². The Bertz CT molecular complexity index is 827. The fourth-order valence-corrected chi connectivity index (χ4v) is 3.41. The van der Waals surface area contributed by atoms with E-state index in [0.717, 1.165) is 16.7 Å². The fraction of sp³-hybridized carbons (Fsp3) is 0.333. The van der Waals surface area contributed by atoms with Crippen LogP contribution in [0.15, 0.2) is 42.5 Å². The van der Waals surface area contributed by atoms with Gasteiger partial charge in [0.15, 0.2) is 0 Å². The lowest BCUT2D eigenvalue weighted by Gasteiger charge is -2.40. The molecule has 1 heterocycles. The first-order valence-electron chi connectivity index (χ1n) is 8.59. The molecular weight excluding hydrogens is 368 g/mol. The SMILES string of the molecule is C#Cc1ccc(Cc2cc(C3OC(CO)C(O)C(O)C3O)ccc2Cl)cc1. The number of hydrogen-bond acceptors (Lipinski definition) is 5. The second kappa shape index (κ2) is 8.41. The summed E-state index contributed by atoms with van der Waals surface area (Å²) >= 11 is 6.32. The molecule has 1 fully saturated rings. The molecule has 3 rings (SSSR count). The van der Waals surface area contributed by atoms with Crippen LogP contribution in [0.2, 0.25) is 5.02 Å². The number of terminal acetylenes is 1. The summed E-state index contributed by atoms with van der Waals surface area (Å²) in [5.74, 6) is 2.57. The van der Waals surface area contributed by atoms with Crippen LogP contribution in [0.3, 0.4) is 0 Å². The highest BCUT2D eigenvalue weighted by Crippen LogP contribution is 2.34. The minimum atomic E-state index is -1.42. The predicted octanol–water partition coefficient (Wildman–Crippen LogP) is 1.43. The van der Waals surface area contributed by atoms with Crippen LogP contribution in [0.4, 0.5) is 0 Å². The van der Waals surface area contributed by atoms with Crippen LogP contribution in [0, 0.1) is 12.3 Å². The summed E-state index contributed by atoms with van der Waals surface area (Å²) in [4.78, 5) is 0. The second-order valence-corrected chi connectivity index (χ2v) is 7.03. The Kier molecular flexibility index (Phi) is 6.18. The van der Waals surface area contributed by atoms with E-state index in [-0.39, 0.29) is 0 Å². The molecule has 0 radical (unpaired) electrons. The highest BCUT2D eigenvalue weighted by molar-refractivity contribution is 6.31. The first-order chi connectivity index (χ1) is 12.9. The van der Waals surface area contributed by atoms with Crippen molar-refractivity contribution in [2.75, 3.05) is 6.61 Å². The van der Waals surface area contributed by atoms with Gasteiger partial charge in [0, 0.05) is 10.6 Å². The molecular formula is C21H21ClO5. The number of halogens is 1. The lowest BCUT2D eigenvalue weighted by atomic mass is 9.90. The van der Waals surface area contributed by atoms with E-state index in [2.05, 4.69) is 5.92 Å². The Morgan fingerprint density at radius 1 is 1.00 bits per heavy atom. The molecule has 0 amide bonds. The average Bonchev–Trinajstić information content (AvgIpc) is 2.69. The number of ether oxygens (including phenoxy) is 1. The van der Waals surface area contributed by atoms with E-state index in [9.17, 15) is 20.4 Å². The second-order valence-electron chi connectivity index (χ2n) is 6.62. The summed E-state index contributed by atoms with van der Waals surface area (Å²) in [6.07, 6.45) is -0.0554. The average molecular weight is 389 g/mol. The topological polar surface area (TPSA) is 90.2 Å². The summed E-state index contributed by atoms with van der Waals surface area (Å²) in [5, 5.41) is 40.2. The van der Waals surface area contributed by atoms with E-state index in [4.69, 9.17) is 22.8 Å². The zero-order valence-electron chi connectivity index (χ0n) is 14.5. The summed E-state index contributed by atoms with van der Waals surface area (Å²) < 4.78 is 5.62. The zero-order valence-corrected chi connectivity index (χ0v) is 15.3. The van der Waals surface area contributed by atoms with Gasteiger partial charge in [-0.1, -0.05) is 41.8 Å². The van der Waals surface area contributed by atoms with Gasteiger partial charge in [-0.15, -0.1) is 6.42 Å². The Balaban J connectivity index is 1.86. The van der Waals surface area contributed by atoms with Gasteiger partial charge in [-0.2, -0.15) is 0 Å². The molecule has 5 unspecified atom stereocenters. The highest BCUT2D eigenvalue weighted by atomic mass is 35.5. The van der Waals surface area contributed by atoms with Gasteiger partial charge in [0.2, 0.25) is 0 Å². The number of rotatable bonds is 4. The number of aliphatic hydroxyl groups is 4. The van der Waals surface area contributed by atoms with Crippen LogP contribution < -0.4 is 0 Å². The van der Waals surface area contributed by atoms with Crippen molar-refractivity contribution in [1.82, 2.24) is 0 Å². The summed E-state index contributed by atoms with van der Waals surface area (Å²) in [7, 11) is 0. The van der Waals surface area contributed by atoms with Gasteiger partial charge in [0.1, 0.15) is 30.5 Å². The van der Waals surface area contributed by atoms with E-state index in [1.54, 1.807) is 18.2 Å². The van der Waals surface area contributed by atoms with Crippen LogP contribution in [-0.2, 0) is 11.2 Å². The highest BCUT2D eigenvalue weighted by Gasteiger charge is 2.43. The van der Waals surface area contributed by atoms with Crippen molar-refractivity contribution in [3.05, 3.63) is 69.7 Å². The Labute approximate surface area is 162 Å². The molecule has 1 aliphatic rings. The Morgan fingerprint density at radius 3 is 2.33 bits per heavy atom. The van der Waals surface area contributed by atoms with Gasteiger partial charge in [-0.3, -0.25) is 0 Å². The summed E-state index contributed by atoms with van der Waals surface area (Å²) in [5.41, 5.74) is 3.23. The maximum Gasteiger partial charge on any atom is 0.113 e. The molecule has 2 aromatic carbocycles. The summed E-state index contributed by atoms with van der Waals surface area (Å²) in [6, 6.07) is 12.7. The lowest BCUT2D eigenvalue weighted by Crippen LogP contribution is -2.55. The molecule has 0 aromatic heterocycles. The fourth-order valence-electron chi connectivity index (χ4n) is 3.22. The first kappa shape index (κ1) is 19.8. The van der Waals surface area contributed by atoms with Crippen LogP contribution in [0.25, 0.3) is 0 Å². The molecule has 0 saturated carbocycles. The lowest BCUT2D eigenvalue weighted by molar-refractivity contribution is -0.231. The van der Waals surface area contributed by atoms with E-state index in [1.165, 1.54) is 0 Å². The van der Waals surface area contributed by atoms with Crippen molar-refractivity contribution in [2.24, 2.45) is 0 Å². The number of hydrogen-bond donors (Lipinski definition) is 4. The first-order valence-corrected chi connectivity index (χ1v) is 8.96. The quantitative estimate of drug-likeness (QED) is 0.595. The van der Waals surface area contributed by atoms with E-state index in [0.29, 0.717) is 17.0 Å². The largest absolute Gasteiger partial charge is 0.394 e. The van der Waals surface area contributed by atoms with Crippen LogP contribution in [-0.4, -0.2) is 51.4 Å². The monoisotopic (exact) mass is 388 g/mol. The molecule has 1 saturated heterocycles. The van der Waals surface area contributed by atoms with Crippen molar-refractivity contribution >= 4 is 11.6 Å². The van der Waals surface area contributed by atoms with Crippen LogP contribution in [0.1, 0.15) is 28.4 Å². The zero-order chi connectivity index (χ0) is 19.6. The van der Waals surface area contributed by atoms with Gasteiger partial charge >= 0.3 is 0 Å². The maximum atomic E-state index is 10.3. The maximum absolute atomic E-state index is 10.3. The molecule has 6 heteroatoms. The summed E-state index contributed by atoms with van der Waals surface area (Å²) in [6.45, 7) is -0.469. The smallest absolute Gasteiger partial charge is 0.113 e. The van der Waals surface area contributed by atoms with Crippen molar-refractivity contribution in [3.63, 3.8) is 0 Å². The van der Waals surface area contributed by atoms with Crippen LogP contribution in [0.5, 0.6) is 0 Å². The minimum absolute atomic E-state index is 0.469. The standard InChI is InChI=1S/C21H21ClO5/c1-2-12-3-5-13(6-4-12)9-15-10-14(7-8-16(15)22)21-20(26)19(25)18(24)17(11-23)27-21/h1,3-8,10,17-21,23-26H,9,11H2. The van der Waals surface area contributed by atoms with Gasteiger partial charge in [-0.25, -0.2) is 0 Å². The van der Waals surface area contributed by atoms with Crippen molar-refractivity contribution in [2.45, 2.75) is 36.9 Å². The van der Waals surface area contributed by atoms with Crippen LogP contribution >= 0.6 is 11.6 Å². The predicted molar refractivity (Wildman–Crippen MR) is 101 cm³/mol. The number of aliphatic hydroxyl groups excluding tert-OH is 4. The van der Waals surface area contributed by atoms with Gasteiger partial charge in [-0.05, 0) is 41.3 Å². The normalized spacial score (nSPS) is 27.9. The Hall–Kier alpha value is -1.91. The van der Waals surface area contributed by atoms with Gasteiger partial charge in [0.25, 0.3) is 0 Å². The molecule has 27 heavy (non-hydrogen) atoms. The van der Waals surface area contributed by atoms with E-state index in [1.807, 2.05) is 24.3 Å². The molecule has 5 atom stereocenters. The van der Waals surface area contributed by atoms with Gasteiger partial charge in [0.05, 0.1) is 6.61 Å². The molecule has 0 aliphatic carbocycles. The van der Waals surface area contributed by atoms with Crippen molar-refractivity contribution in [1.29, 1.82) is 0 Å². The third kappa shape index (κ3) is 4.17. The van der Waals surface area contributed by atoms with E-state index < -0.39 is 37.1 Å². The van der Waals surface area contributed by atoms with Crippen molar-refractivity contribution in [3.8, 4) is 12.3 Å². The third-order valence-corrected chi connectivity index (χ3v) is 5.17. The molecule has 4 N–H and O–H groups in total. The number of benzene rings is 2. The molecule has 5 nitrogen and oxygen atoms in total. The van der Waals surface area contributed by atoms with Gasteiger partial charge < -0.3 is 25.2 Å². The molecule has 1 aliphatic heterocycles. The molecule has 142 valence electrons. The minimum Gasteiger partial charge on any atom is -0.394 e. The molecule has 2 aromatic rings. The van der Waals surface area contributed by atoms with E-state index >= 15 is 0 Å². The molecule has 0 spiro atoms.